The second kappa shape index (κ2) is 8.38. The van der Waals surface area contributed by atoms with Crippen molar-refractivity contribution in [1.29, 1.82) is 0 Å². The van der Waals surface area contributed by atoms with E-state index >= 15 is 0 Å². The predicted octanol–water partition coefficient (Wildman–Crippen LogP) is 2.51. The van der Waals surface area contributed by atoms with E-state index in [2.05, 4.69) is 26.0 Å². The van der Waals surface area contributed by atoms with E-state index in [1.54, 1.807) is 17.8 Å². The molecule has 0 aliphatic rings. The van der Waals surface area contributed by atoms with Crippen molar-refractivity contribution in [2.45, 2.75) is 25.3 Å². The molecular formula is C13H21BrN2O2S2. The molecule has 1 aromatic carbocycles. The maximum atomic E-state index is 12.3. The lowest BCUT2D eigenvalue weighted by Crippen LogP contribution is -2.26. The first kappa shape index (κ1) is 18.0. The summed E-state index contributed by atoms with van der Waals surface area (Å²) in [5.41, 5.74) is 1.89. The van der Waals surface area contributed by atoms with Crippen LogP contribution in [-0.2, 0) is 16.6 Å². The largest absolute Gasteiger partial charge is 0.313 e. The van der Waals surface area contributed by atoms with E-state index in [4.69, 9.17) is 0 Å². The molecule has 1 rings (SSSR count). The third kappa shape index (κ3) is 5.04. The molecule has 0 saturated heterocycles. The average molecular weight is 381 g/mol. The lowest BCUT2D eigenvalue weighted by Gasteiger charge is -2.13. The van der Waals surface area contributed by atoms with Gasteiger partial charge in [-0.25, -0.2) is 13.1 Å². The van der Waals surface area contributed by atoms with Crippen LogP contribution in [0.25, 0.3) is 0 Å². The standard InChI is InChI=1S/C13H21BrN2O2S2/c1-4-15-9-11-7-10(2)13(14)12(8-11)20(17,18)16-5-6-19-3/h7-8,15-16H,4-6,9H2,1-3H3. The van der Waals surface area contributed by atoms with Crippen molar-refractivity contribution in [3.8, 4) is 0 Å². The van der Waals surface area contributed by atoms with E-state index in [1.165, 1.54) is 0 Å². The number of thioether (sulfide) groups is 1. The number of aryl methyl sites for hydroxylation is 1. The summed E-state index contributed by atoms with van der Waals surface area (Å²) in [6.45, 7) is 5.88. The highest BCUT2D eigenvalue weighted by Crippen LogP contribution is 2.27. The molecule has 0 saturated carbocycles. The summed E-state index contributed by atoms with van der Waals surface area (Å²) in [6.07, 6.45) is 1.95. The summed E-state index contributed by atoms with van der Waals surface area (Å²) in [5.74, 6) is 0.757. The highest BCUT2D eigenvalue weighted by atomic mass is 79.9. The Labute approximate surface area is 134 Å². The highest BCUT2D eigenvalue weighted by molar-refractivity contribution is 9.10. The van der Waals surface area contributed by atoms with Crippen molar-refractivity contribution in [3.05, 3.63) is 27.7 Å². The van der Waals surface area contributed by atoms with Crippen LogP contribution < -0.4 is 10.0 Å². The number of rotatable bonds is 8. The molecule has 0 unspecified atom stereocenters. The second-order valence-corrected chi connectivity index (χ2v) is 7.91. The number of hydrogen-bond acceptors (Lipinski definition) is 4. The quantitative estimate of drug-likeness (QED) is 0.680. The number of benzene rings is 1. The maximum absolute atomic E-state index is 12.3. The molecule has 0 spiro atoms. The molecule has 114 valence electrons. The molecule has 0 radical (unpaired) electrons. The number of sulfonamides is 1. The van der Waals surface area contributed by atoms with Crippen LogP contribution >= 0.6 is 27.7 Å². The minimum Gasteiger partial charge on any atom is -0.313 e. The van der Waals surface area contributed by atoms with Crippen LogP contribution in [-0.4, -0.2) is 33.5 Å². The zero-order valence-corrected chi connectivity index (χ0v) is 15.2. The molecule has 0 amide bonds. The first-order chi connectivity index (χ1) is 9.42. The molecule has 0 heterocycles. The zero-order chi connectivity index (χ0) is 15.2. The van der Waals surface area contributed by atoms with Gasteiger partial charge in [-0.1, -0.05) is 13.0 Å². The Balaban J connectivity index is 3.05. The second-order valence-electron chi connectivity index (χ2n) is 4.40. The van der Waals surface area contributed by atoms with Gasteiger partial charge < -0.3 is 5.32 Å². The van der Waals surface area contributed by atoms with Crippen molar-refractivity contribution < 1.29 is 8.42 Å². The van der Waals surface area contributed by atoms with Gasteiger partial charge in [0.15, 0.2) is 0 Å². The van der Waals surface area contributed by atoms with Crippen molar-refractivity contribution in [1.82, 2.24) is 10.0 Å². The van der Waals surface area contributed by atoms with Crippen LogP contribution in [0.1, 0.15) is 18.1 Å². The van der Waals surface area contributed by atoms with Crippen LogP contribution in [0.5, 0.6) is 0 Å². The topological polar surface area (TPSA) is 58.2 Å². The molecule has 4 nitrogen and oxygen atoms in total. The van der Waals surface area contributed by atoms with E-state index in [0.717, 1.165) is 23.4 Å². The van der Waals surface area contributed by atoms with Crippen LogP contribution in [0, 0.1) is 6.92 Å². The Morgan fingerprint density at radius 2 is 2.05 bits per heavy atom. The molecule has 0 aliphatic heterocycles. The molecule has 2 N–H and O–H groups in total. The first-order valence-corrected chi connectivity index (χ1v) is 10.1. The molecule has 7 heteroatoms. The Morgan fingerprint density at radius 3 is 2.65 bits per heavy atom. The monoisotopic (exact) mass is 380 g/mol. The Kier molecular flexibility index (Phi) is 7.53. The van der Waals surface area contributed by atoms with Gasteiger partial charge in [0.1, 0.15) is 0 Å². The summed E-state index contributed by atoms with van der Waals surface area (Å²) in [4.78, 5) is 0.312. The SMILES string of the molecule is CCNCc1cc(C)c(Br)c(S(=O)(=O)NCCSC)c1. The van der Waals surface area contributed by atoms with Crippen LogP contribution in [0.3, 0.4) is 0 Å². The predicted molar refractivity (Wildman–Crippen MR) is 89.8 cm³/mol. The first-order valence-electron chi connectivity index (χ1n) is 6.40. The van der Waals surface area contributed by atoms with E-state index < -0.39 is 10.0 Å². The van der Waals surface area contributed by atoms with Gasteiger partial charge in [-0.3, -0.25) is 0 Å². The minimum atomic E-state index is -3.47. The summed E-state index contributed by atoms with van der Waals surface area (Å²) < 4.78 is 27.9. The lowest BCUT2D eigenvalue weighted by atomic mass is 10.1. The fraction of sp³-hybridized carbons (Fsp3) is 0.538. The Morgan fingerprint density at radius 1 is 1.35 bits per heavy atom. The van der Waals surface area contributed by atoms with Gasteiger partial charge >= 0.3 is 0 Å². The number of nitrogens with one attached hydrogen (secondary N) is 2. The van der Waals surface area contributed by atoms with Crippen LogP contribution in [0.4, 0.5) is 0 Å². The van der Waals surface area contributed by atoms with E-state index in [1.807, 2.05) is 26.2 Å². The van der Waals surface area contributed by atoms with Gasteiger partial charge in [0.25, 0.3) is 0 Å². The molecule has 20 heavy (non-hydrogen) atoms. The smallest absolute Gasteiger partial charge is 0.241 e. The van der Waals surface area contributed by atoms with Gasteiger partial charge in [-0.2, -0.15) is 11.8 Å². The molecule has 0 atom stereocenters. The van der Waals surface area contributed by atoms with Crippen molar-refractivity contribution in [3.63, 3.8) is 0 Å². The fourth-order valence-electron chi connectivity index (χ4n) is 1.73. The molecule has 0 aromatic heterocycles. The zero-order valence-electron chi connectivity index (χ0n) is 12.0. The molecule has 0 fully saturated rings. The van der Waals surface area contributed by atoms with Gasteiger partial charge in [-0.15, -0.1) is 0 Å². The van der Waals surface area contributed by atoms with E-state index in [0.29, 0.717) is 22.5 Å². The van der Waals surface area contributed by atoms with E-state index in [-0.39, 0.29) is 0 Å². The summed E-state index contributed by atoms with van der Waals surface area (Å²) in [5, 5.41) is 3.21. The highest BCUT2D eigenvalue weighted by Gasteiger charge is 2.19. The normalized spacial score (nSPS) is 11.8. The summed E-state index contributed by atoms with van der Waals surface area (Å²) >= 11 is 4.99. The third-order valence-corrected chi connectivity index (χ3v) is 6.16. The molecular weight excluding hydrogens is 360 g/mol. The lowest BCUT2D eigenvalue weighted by molar-refractivity contribution is 0.583. The summed E-state index contributed by atoms with van der Waals surface area (Å²) in [6, 6.07) is 3.72. The Hall–Kier alpha value is -0.0800. The van der Waals surface area contributed by atoms with Crippen molar-refractivity contribution >= 4 is 37.7 Å². The van der Waals surface area contributed by atoms with Crippen molar-refractivity contribution in [2.24, 2.45) is 0 Å². The number of hydrogen-bond donors (Lipinski definition) is 2. The van der Waals surface area contributed by atoms with Crippen LogP contribution in [0.15, 0.2) is 21.5 Å². The summed E-state index contributed by atoms with van der Waals surface area (Å²) in [7, 11) is -3.47. The van der Waals surface area contributed by atoms with Gasteiger partial charge in [0.2, 0.25) is 10.0 Å². The fourth-order valence-corrected chi connectivity index (χ4v) is 4.27. The van der Waals surface area contributed by atoms with Gasteiger partial charge in [0.05, 0.1) is 4.90 Å². The van der Waals surface area contributed by atoms with E-state index in [9.17, 15) is 8.42 Å². The maximum Gasteiger partial charge on any atom is 0.241 e. The molecule has 1 aromatic rings. The van der Waals surface area contributed by atoms with Crippen molar-refractivity contribution in [2.75, 3.05) is 25.1 Å². The third-order valence-electron chi connectivity index (χ3n) is 2.75. The molecule has 0 bridgehead atoms. The number of halogens is 1. The molecule has 0 aliphatic carbocycles. The van der Waals surface area contributed by atoms with Gasteiger partial charge in [0, 0.05) is 23.3 Å². The Bertz CT molecular complexity index is 548. The minimum absolute atomic E-state index is 0.312. The van der Waals surface area contributed by atoms with Gasteiger partial charge in [-0.05, 0) is 52.8 Å². The van der Waals surface area contributed by atoms with Crippen LogP contribution in [0.2, 0.25) is 0 Å². The average Bonchev–Trinajstić information content (AvgIpc) is 2.39.